The highest BCUT2D eigenvalue weighted by Gasteiger charge is 2.26. The standard InChI is InChI=1S/C23H18N2OS2/c1-26-17-13-11-16(12-14-17)21-15-22(27-18-7-3-2-4-8-18)28-23-24-19-9-5-6-10-20(19)25(21)23/h2-15,21H,1H3. The Hall–Kier alpha value is -2.63. The van der Waals surface area contributed by atoms with E-state index in [0.29, 0.717) is 0 Å². The number of hydrogen-bond acceptors (Lipinski definition) is 4. The Morgan fingerprint density at radius 3 is 2.46 bits per heavy atom. The molecule has 1 aliphatic rings. The normalized spacial score (nSPS) is 15.9. The highest BCUT2D eigenvalue weighted by Crippen LogP contribution is 2.47. The van der Waals surface area contributed by atoms with Crippen LogP contribution in [0.5, 0.6) is 5.75 Å². The minimum absolute atomic E-state index is 0.0979. The molecule has 3 aromatic carbocycles. The van der Waals surface area contributed by atoms with Gasteiger partial charge in [0.15, 0.2) is 5.16 Å². The molecule has 2 heterocycles. The van der Waals surface area contributed by atoms with Crippen molar-refractivity contribution in [2.24, 2.45) is 0 Å². The van der Waals surface area contributed by atoms with Crippen molar-refractivity contribution in [1.29, 1.82) is 0 Å². The van der Waals surface area contributed by atoms with Crippen molar-refractivity contribution >= 4 is 34.6 Å². The van der Waals surface area contributed by atoms with Crippen LogP contribution in [0, 0.1) is 0 Å². The number of hydrogen-bond donors (Lipinski definition) is 0. The molecule has 0 aliphatic carbocycles. The minimum atomic E-state index is 0.0979. The van der Waals surface area contributed by atoms with Crippen LogP contribution in [0.4, 0.5) is 0 Å². The zero-order valence-electron chi connectivity index (χ0n) is 15.3. The van der Waals surface area contributed by atoms with Crippen LogP contribution in [0.15, 0.2) is 99.2 Å². The Kier molecular flexibility index (Phi) is 4.63. The molecule has 0 saturated carbocycles. The molecule has 0 N–H and O–H groups in total. The lowest BCUT2D eigenvalue weighted by molar-refractivity contribution is 0.414. The number of nitrogens with zero attached hydrogens (tertiary/aromatic N) is 2. The van der Waals surface area contributed by atoms with Gasteiger partial charge < -0.3 is 9.30 Å². The Morgan fingerprint density at radius 1 is 0.929 bits per heavy atom. The third kappa shape index (κ3) is 3.21. The summed E-state index contributed by atoms with van der Waals surface area (Å²) in [5.74, 6) is 0.868. The van der Waals surface area contributed by atoms with E-state index in [4.69, 9.17) is 9.72 Å². The third-order valence-corrected chi connectivity index (χ3v) is 6.90. The monoisotopic (exact) mass is 402 g/mol. The zero-order chi connectivity index (χ0) is 18.9. The lowest BCUT2D eigenvalue weighted by Gasteiger charge is -2.24. The maximum Gasteiger partial charge on any atom is 0.175 e. The van der Waals surface area contributed by atoms with E-state index in [0.717, 1.165) is 21.9 Å². The SMILES string of the molecule is COc1ccc(C2C=C(Sc3ccccc3)Sc3nc4ccccc4n32)cc1. The predicted molar refractivity (Wildman–Crippen MR) is 117 cm³/mol. The first kappa shape index (κ1) is 17.5. The molecular weight excluding hydrogens is 384 g/mol. The van der Waals surface area contributed by atoms with E-state index in [1.807, 2.05) is 24.3 Å². The molecule has 5 rings (SSSR count). The average Bonchev–Trinajstić information content (AvgIpc) is 3.12. The van der Waals surface area contributed by atoms with E-state index in [1.54, 1.807) is 30.6 Å². The number of para-hydroxylation sites is 2. The van der Waals surface area contributed by atoms with Crippen LogP contribution in [0.1, 0.15) is 11.6 Å². The summed E-state index contributed by atoms with van der Waals surface area (Å²) in [6.07, 6.45) is 2.34. The fourth-order valence-electron chi connectivity index (χ4n) is 3.40. The van der Waals surface area contributed by atoms with Crippen molar-refractivity contribution in [2.45, 2.75) is 16.1 Å². The van der Waals surface area contributed by atoms with Crippen LogP contribution in [0.3, 0.4) is 0 Å². The van der Waals surface area contributed by atoms with Gasteiger partial charge in [-0.25, -0.2) is 4.98 Å². The third-order valence-electron chi connectivity index (χ3n) is 4.75. The second kappa shape index (κ2) is 7.41. The molecule has 0 radical (unpaired) electrons. The summed E-state index contributed by atoms with van der Waals surface area (Å²) in [5, 5.41) is 1.03. The first-order chi connectivity index (χ1) is 13.8. The fourth-order valence-corrected chi connectivity index (χ4v) is 5.63. The molecular formula is C23H18N2OS2. The second-order valence-corrected chi connectivity index (χ2v) is 8.86. The van der Waals surface area contributed by atoms with Gasteiger partial charge >= 0.3 is 0 Å². The van der Waals surface area contributed by atoms with Crippen molar-refractivity contribution in [3.8, 4) is 5.75 Å². The van der Waals surface area contributed by atoms with Crippen molar-refractivity contribution in [3.05, 3.63) is 94.7 Å². The van der Waals surface area contributed by atoms with Crippen LogP contribution in [0.2, 0.25) is 0 Å². The minimum Gasteiger partial charge on any atom is -0.497 e. The molecule has 0 fully saturated rings. The Labute approximate surface area is 172 Å². The van der Waals surface area contributed by atoms with E-state index in [1.165, 1.54) is 14.7 Å². The first-order valence-corrected chi connectivity index (χ1v) is 10.7. The quantitative estimate of drug-likeness (QED) is 0.396. The van der Waals surface area contributed by atoms with Crippen LogP contribution < -0.4 is 4.74 Å². The van der Waals surface area contributed by atoms with E-state index >= 15 is 0 Å². The van der Waals surface area contributed by atoms with E-state index in [2.05, 4.69) is 65.2 Å². The molecule has 4 aromatic rings. The van der Waals surface area contributed by atoms with Crippen molar-refractivity contribution in [1.82, 2.24) is 9.55 Å². The number of rotatable bonds is 4. The Morgan fingerprint density at radius 2 is 1.68 bits per heavy atom. The van der Waals surface area contributed by atoms with Gasteiger partial charge in [0.25, 0.3) is 0 Å². The van der Waals surface area contributed by atoms with E-state index < -0.39 is 0 Å². The molecule has 1 aromatic heterocycles. The lowest BCUT2D eigenvalue weighted by Crippen LogP contribution is -2.13. The highest BCUT2D eigenvalue weighted by molar-refractivity contribution is 8.22. The Bertz CT molecular complexity index is 1150. The highest BCUT2D eigenvalue weighted by atomic mass is 32.2. The van der Waals surface area contributed by atoms with Crippen LogP contribution in [0.25, 0.3) is 11.0 Å². The molecule has 138 valence electrons. The summed E-state index contributed by atoms with van der Waals surface area (Å²) in [6, 6.07) is 27.2. The van der Waals surface area contributed by atoms with Gasteiger partial charge in [0.05, 0.1) is 28.4 Å². The molecule has 1 aliphatic heterocycles. The number of thioether (sulfide) groups is 2. The molecule has 28 heavy (non-hydrogen) atoms. The number of methoxy groups -OCH3 is 1. The fraction of sp³-hybridized carbons (Fsp3) is 0.0870. The number of ether oxygens (including phenoxy) is 1. The summed E-state index contributed by atoms with van der Waals surface area (Å²) >= 11 is 3.53. The molecule has 0 amide bonds. The molecule has 0 spiro atoms. The molecule has 3 nitrogen and oxygen atoms in total. The van der Waals surface area contributed by atoms with Gasteiger partial charge in [-0.15, -0.1) is 0 Å². The topological polar surface area (TPSA) is 27.1 Å². The van der Waals surface area contributed by atoms with Crippen LogP contribution in [-0.2, 0) is 0 Å². The van der Waals surface area contributed by atoms with E-state index in [-0.39, 0.29) is 6.04 Å². The molecule has 0 saturated heterocycles. The molecule has 5 heteroatoms. The molecule has 0 bridgehead atoms. The summed E-state index contributed by atoms with van der Waals surface area (Å²) in [7, 11) is 1.70. The second-order valence-electron chi connectivity index (χ2n) is 6.47. The predicted octanol–water partition coefficient (Wildman–Crippen LogP) is 6.37. The Balaban J connectivity index is 1.61. The summed E-state index contributed by atoms with van der Waals surface area (Å²) < 4.78 is 8.91. The number of fused-ring (bicyclic) bond motifs is 3. The molecule has 1 unspecified atom stereocenters. The van der Waals surface area contributed by atoms with Gasteiger partial charge in [-0.2, -0.15) is 0 Å². The maximum atomic E-state index is 5.34. The molecule has 1 atom stereocenters. The average molecular weight is 403 g/mol. The number of imidazole rings is 1. The maximum absolute atomic E-state index is 5.34. The number of allylic oxidation sites excluding steroid dienone is 1. The summed E-state index contributed by atoms with van der Waals surface area (Å²) in [5.41, 5.74) is 3.41. The van der Waals surface area contributed by atoms with Gasteiger partial charge in [-0.3, -0.25) is 0 Å². The van der Waals surface area contributed by atoms with Gasteiger partial charge in [-0.1, -0.05) is 54.2 Å². The van der Waals surface area contributed by atoms with Gasteiger partial charge in [0.2, 0.25) is 0 Å². The van der Waals surface area contributed by atoms with Crippen LogP contribution in [-0.4, -0.2) is 16.7 Å². The van der Waals surface area contributed by atoms with Crippen LogP contribution >= 0.6 is 23.5 Å². The van der Waals surface area contributed by atoms with Gasteiger partial charge in [0.1, 0.15) is 5.75 Å². The lowest BCUT2D eigenvalue weighted by atomic mass is 10.1. The summed E-state index contributed by atoms with van der Waals surface area (Å²) in [4.78, 5) is 6.14. The van der Waals surface area contributed by atoms with Crippen molar-refractivity contribution < 1.29 is 4.74 Å². The van der Waals surface area contributed by atoms with Crippen molar-refractivity contribution in [3.63, 3.8) is 0 Å². The zero-order valence-corrected chi connectivity index (χ0v) is 16.9. The first-order valence-electron chi connectivity index (χ1n) is 9.05. The largest absolute Gasteiger partial charge is 0.497 e. The number of aromatic nitrogens is 2. The smallest absolute Gasteiger partial charge is 0.175 e. The van der Waals surface area contributed by atoms with E-state index in [9.17, 15) is 0 Å². The summed E-state index contributed by atoms with van der Waals surface area (Å²) in [6.45, 7) is 0. The number of benzene rings is 3. The van der Waals surface area contributed by atoms with Gasteiger partial charge in [0, 0.05) is 4.90 Å². The van der Waals surface area contributed by atoms with Crippen molar-refractivity contribution in [2.75, 3.05) is 7.11 Å². The van der Waals surface area contributed by atoms with Gasteiger partial charge in [-0.05, 0) is 59.8 Å².